The van der Waals surface area contributed by atoms with Crippen LogP contribution in [0.15, 0.2) is 18.2 Å². The predicted octanol–water partition coefficient (Wildman–Crippen LogP) is 2.14. The minimum atomic E-state index is -0.781. The van der Waals surface area contributed by atoms with E-state index in [1.54, 1.807) is 25.3 Å². The number of carbonyl (C=O) groups excluding carboxylic acids is 1. The second-order valence-corrected chi connectivity index (χ2v) is 4.40. The van der Waals surface area contributed by atoms with Gasteiger partial charge in [0.05, 0.1) is 20.8 Å². The van der Waals surface area contributed by atoms with Crippen molar-refractivity contribution >= 4 is 17.5 Å². The van der Waals surface area contributed by atoms with Crippen LogP contribution in [0.25, 0.3) is 0 Å². The first kappa shape index (κ1) is 16.6. The first-order valence-corrected chi connectivity index (χ1v) is 6.79. The zero-order valence-electron chi connectivity index (χ0n) is 11.9. The number of ether oxygens (including phenoxy) is 3. The molecule has 1 rings (SSSR count). The molecular formula is C14H20ClNO4. The lowest BCUT2D eigenvalue weighted by atomic mass is 10.1. The van der Waals surface area contributed by atoms with Crippen molar-refractivity contribution < 1.29 is 19.0 Å². The molecule has 0 fully saturated rings. The molecule has 1 aromatic carbocycles. The van der Waals surface area contributed by atoms with Crippen molar-refractivity contribution in [1.29, 1.82) is 0 Å². The Kier molecular flexibility index (Phi) is 7.18. The molecule has 1 unspecified atom stereocenters. The van der Waals surface area contributed by atoms with Crippen molar-refractivity contribution in [3.63, 3.8) is 0 Å². The van der Waals surface area contributed by atoms with Crippen LogP contribution in [0, 0.1) is 0 Å². The Labute approximate surface area is 124 Å². The lowest BCUT2D eigenvalue weighted by Crippen LogP contribution is -2.30. The zero-order chi connectivity index (χ0) is 15.0. The van der Waals surface area contributed by atoms with Crippen molar-refractivity contribution in [1.82, 2.24) is 5.32 Å². The van der Waals surface area contributed by atoms with Gasteiger partial charge in [-0.3, -0.25) is 4.79 Å². The summed E-state index contributed by atoms with van der Waals surface area (Å²) in [4.78, 5) is 11.9. The van der Waals surface area contributed by atoms with Gasteiger partial charge < -0.3 is 19.5 Å². The minimum absolute atomic E-state index is 0.265. The van der Waals surface area contributed by atoms with Crippen LogP contribution in [0.4, 0.5) is 0 Å². The molecule has 5 nitrogen and oxygen atoms in total. The highest BCUT2D eigenvalue weighted by Crippen LogP contribution is 2.32. The molecule has 112 valence electrons. The van der Waals surface area contributed by atoms with Crippen LogP contribution in [0.3, 0.4) is 0 Å². The molecule has 0 aliphatic heterocycles. The van der Waals surface area contributed by atoms with E-state index in [0.717, 1.165) is 0 Å². The van der Waals surface area contributed by atoms with Gasteiger partial charge in [-0.15, -0.1) is 11.6 Å². The highest BCUT2D eigenvalue weighted by atomic mass is 35.5. The summed E-state index contributed by atoms with van der Waals surface area (Å²) in [6.07, 6.45) is 0. The van der Waals surface area contributed by atoms with Gasteiger partial charge in [0.2, 0.25) is 5.91 Å². The molecule has 6 heteroatoms. The highest BCUT2D eigenvalue weighted by molar-refractivity contribution is 6.30. The number of nitrogens with one attached hydrogen (secondary N) is 1. The normalized spacial score (nSPS) is 11.8. The van der Waals surface area contributed by atoms with Crippen molar-refractivity contribution in [3.05, 3.63) is 23.8 Å². The van der Waals surface area contributed by atoms with Crippen molar-refractivity contribution in [2.24, 2.45) is 0 Å². The third-order valence-electron chi connectivity index (χ3n) is 2.68. The van der Waals surface area contributed by atoms with Gasteiger partial charge >= 0.3 is 0 Å². The van der Waals surface area contributed by atoms with Crippen LogP contribution in [0.2, 0.25) is 0 Å². The molecular weight excluding hydrogens is 282 g/mol. The van der Waals surface area contributed by atoms with Crippen molar-refractivity contribution in [2.75, 3.05) is 34.0 Å². The Morgan fingerprint density at radius 2 is 2.00 bits per heavy atom. The maximum atomic E-state index is 11.9. The fourth-order valence-corrected chi connectivity index (χ4v) is 1.86. The Morgan fingerprint density at radius 1 is 1.30 bits per heavy atom. The van der Waals surface area contributed by atoms with Gasteiger partial charge in [-0.25, -0.2) is 0 Å². The quantitative estimate of drug-likeness (QED) is 0.590. The molecule has 0 bridgehead atoms. The zero-order valence-corrected chi connectivity index (χ0v) is 12.7. The molecule has 0 spiro atoms. The van der Waals surface area contributed by atoms with E-state index in [2.05, 4.69) is 5.32 Å². The molecule has 0 saturated heterocycles. The maximum Gasteiger partial charge on any atom is 0.242 e. The molecule has 1 N–H and O–H groups in total. The van der Waals surface area contributed by atoms with Gasteiger partial charge in [0.15, 0.2) is 11.5 Å². The largest absolute Gasteiger partial charge is 0.493 e. The molecule has 0 aliphatic rings. The average Bonchev–Trinajstić information content (AvgIpc) is 2.49. The van der Waals surface area contributed by atoms with Gasteiger partial charge in [0.25, 0.3) is 0 Å². The Bertz CT molecular complexity index is 439. The summed E-state index contributed by atoms with van der Waals surface area (Å²) >= 11 is 6.14. The number of halogens is 1. The minimum Gasteiger partial charge on any atom is -0.493 e. The van der Waals surface area contributed by atoms with E-state index in [1.807, 2.05) is 6.92 Å². The van der Waals surface area contributed by atoms with E-state index in [0.29, 0.717) is 36.8 Å². The van der Waals surface area contributed by atoms with Crippen LogP contribution in [-0.4, -0.2) is 39.9 Å². The third-order valence-corrected chi connectivity index (χ3v) is 3.13. The molecule has 1 amide bonds. The van der Waals surface area contributed by atoms with E-state index in [4.69, 9.17) is 25.8 Å². The van der Waals surface area contributed by atoms with Crippen LogP contribution in [0.1, 0.15) is 17.9 Å². The maximum absolute atomic E-state index is 11.9. The van der Waals surface area contributed by atoms with E-state index >= 15 is 0 Å². The summed E-state index contributed by atoms with van der Waals surface area (Å²) in [6, 6.07) is 5.15. The van der Waals surface area contributed by atoms with E-state index in [1.165, 1.54) is 7.11 Å². The van der Waals surface area contributed by atoms with Gasteiger partial charge in [-0.05, 0) is 24.6 Å². The number of methoxy groups -OCH3 is 2. The monoisotopic (exact) mass is 301 g/mol. The molecule has 0 heterocycles. The predicted molar refractivity (Wildman–Crippen MR) is 77.6 cm³/mol. The van der Waals surface area contributed by atoms with Crippen LogP contribution < -0.4 is 14.8 Å². The summed E-state index contributed by atoms with van der Waals surface area (Å²) in [5, 5.41) is 1.93. The van der Waals surface area contributed by atoms with Gasteiger partial charge in [-0.1, -0.05) is 6.07 Å². The molecule has 1 aromatic rings. The summed E-state index contributed by atoms with van der Waals surface area (Å²) in [6.45, 7) is 3.42. The Balaban J connectivity index is 2.66. The SMILES string of the molecule is CCOCCNC(=O)C(Cl)c1ccc(OC)c(OC)c1. The number of carbonyl (C=O) groups is 1. The number of hydrogen-bond acceptors (Lipinski definition) is 4. The number of rotatable bonds is 8. The molecule has 0 aromatic heterocycles. The van der Waals surface area contributed by atoms with Gasteiger partial charge in [-0.2, -0.15) is 0 Å². The van der Waals surface area contributed by atoms with Crippen LogP contribution in [-0.2, 0) is 9.53 Å². The number of amides is 1. The smallest absolute Gasteiger partial charge is 0.242 e. The fourth-order valence-electron chi connectivity index (χ4n) is 1.64. The molecule has 20 heavy (non-hydrogen) atoms. The standard InChI is InChI=1S/C14H20ClNO4/c1-4-20-8-7-16-14(17)13(15)10-5-6-11(18-2)12(9-10)19-3/h5-6,9,13H,4,7-8H2,1-3H3,(H,16,17). The Hall–Kier alpha value is -1.46. The summed E-state index contributed by atoms with van der Waals surface area (Å²) in [7, 11) is 3.09. The van der Waals surface area contributed by atoms with E-state index in [-0.39, 0.29) is 5.91 Å². The first-order valence-electron chi connectivity index (χ1n) is 6.35. The number of hydrogen-bond donors (Lipinski definition) is 1. The molecule has 0 saturated carbocycles. The van der Waals surface area contributed by atoms with Crippen LogP contribution in [0.5, 0.6) is 11.5 Å². The third kappa shape index (κ3) is 4.58. The lowest BCUT2D eigenvalue weighted by Gasteiger charge is -2.13. The molecule has 1 atom stereocenters. The van der Waals surface area contributed by atoms with E-state index in [9.17, 15) is 4.79 Å². The Morgan fingerprint density at radius 3 is 2.60 bits per heavy atom. The molecule has 0 radical (unpaired) electrons. The van der Waals surface area contributed by atoms with E-state index < -0.39 is 5.38 Å². The summed E-state index contributed by atoms with van der Waals surface area (Å²) in [5.74, 6) is 0.869. The molecule has 0 aliphatic carbocycles. The highest BCUT2D eigenvalue weighted by Gasteiger charge is 2.19. The summed E-state index contributed by atoms with van der Waals surface area (Å²) in [5.41, 5.74) is 0.651. The number of alkyl halides is 1. The second kappa shape index (κ2) is 8.66. The van der Waals surface area contributed by atoms with Gasteiger partial charge in [0, 0.05) is 13.2 Å². The van der Waals surface area contributed by atoms with Crippen molar-refractivity contribution in [2.45, 2.75) is 12.3 Å². The second-order valence-electron chi connectivity index (χ2n) is 3.96. The first-order chi connectivity index (χ1) is 9.63. The topological polar surface area (TPSA) is 56.8 Å². The fraction of sp³-hybridized carbons (Fsp3) is 0.500. The lowest BCUT2D eigenvalue weighted by molar-refractivity contribution is -0.121. The van der Waals surface area contributed by atoms with Gasteiger partial charge in [0.1, 0.15) is 5.38 Å². The van der Waals surface area contributed by atoms with Crippen LogP contribution >= 0.6 is 11.6 Å². The van der Waals surface area contributed by atoms with Crippen molar-refractivity contribution in [3.8, 4) is 11.5 Å². The average molecular weight is 302 g/mol. The number of benzene rings is 1. The summed E-state index contributed by atoms with van der Waals surface area (Å²) < 4.78 is 15.5.